The summed E-state index contributed by atoms with van der Waals surface area (Å²) >= 11 is 0. The fourth-order valence-electron chi connectivity index (χ4n) is 2.98. The van der Waals surface area contributed by atoms with Gasteiger partial charge in [-0.3, -0.25) is 0 Å². The van der Waals surface area contributed by atoms with Gasteiger partial charge in [0.2, 0.25) is 0 Å². The molecule has 30 heavy (non-hydrogen) atoms. The van der Waals surface area contributed by atoms with Crippen molar-refractivity contribution in [3.05, 3.63) is 35.9 Å². The van der Waals surface area contributed by atoms with E-state index in [1.54, 1.807) is 0 Å². The van der Waals surface area contributed by atoms with Gasteiger partial charge >= 0.3 is 12.2 Å². The van der Waals surface area contributed by atoms with Crippen LogP contribution >= 0.6 is 0 Å². The average Bonchev–Trinajstić information content (AvgIpc) is 2.59. The third-order valence-electron chi connectivity index (χ3n) is 4.23. The zero-order chi connectivity index (χ0) is 22.6. The molecule has 2 N–H and O–H groups in total. The summed E-state index contributed by atoms with van der Waals surface area (Å²) in [7, 11) is 0. The summed E-state index contributed by atoms with van der Waals surface area (Å²) < 4.78 is 10.7. The molecule has 0 fully saturated rings. The Balaban J connectivity index is 2.41. The Hall–Kier alpha value is -2.24. The molecule has 1 atom stereocenters. The van der Waals surface area contributed by atoms with Crippen molar-refractivity contribution in [1.29, 1.82) is 0 Å². The van der Waals surface area contributed by atoms with Gasteiger partial charge in [0.1, 0.15) is 11.2 Å². The lowest BCUT2D eigenvalue weighted by molar-refractivity contribution is 0.0496. The first-order valence-electron chi connectivity index (χ1n) is 10.9. The van der Waals surface area contributed by atoms with Crippen molar-refractivity contribution in [3.63, 3.8) is 0 Å². The summed E-state index contributed by atoms with van der Waals surface area (Å²) in [4.78, 5) is 23.9. The SMILES string of the molecule is CC(C)(C)OC(=O)NCCCC[C@@H](CCCc1ccccc1)NC(=O)OC(C)(C)C. The molecule has 2 amide bonds. The molecule has 1 aromatic carbocycles. The summed E-state index contributed by atoms with van der Waals surface area (Å²) in [6.45, 7) is 11.7. The Kier molecular flexibility index (Phi) is 10.7. The number of hydrogen-bond acceptors (Lipinski definition) is 4. The number of nitrogens with one attached hydrogen (secondary N) is 2. The van der Waals surface area contributed by atoms with Crippen LogP contribution in [0, 0.1) is 0 Å². The Morgan fingerprint density at radius 1 is 0.833 bits per heavy atom. The predicted molar refractivity (Wildman–Crippen MR) is 121 cm³/mol. The fraction of sp³-hybridized carbons (Fsp3) is 0.667. The molecule has 1 aromatic rings. The Morgan fingerprint density at radius 3 is 2.00 bits per heavy atom. The van der Waals surface area contributed by atoms with Gasteiger partial charge in [-0.05, 0) is 85.6 Å². The van der Waals surface area contributed by atoms with Crippen LogP contribution in [0.5, 0.6) is 0 Å². The molecule has 0 saturated heterocycles. The highest BCUT2D eigenvalue weighted by Crippen LogP contribution is 2.13. The maximum atomic E-state index is 12.2. The minimum atomic E-state index is -0.518. The molecule has 0 saturated carbocycles. The van der Waals surface area contributed by atoms with E-state index in [0.717, 1.165) is 38.5 Å². The van der Waals surface area contributed by atoms with Crippen LogP contribution in [0.4, 0.5) is 9.59 Å². The van der Waals surface area contributed by atoms with Gasteiger partial charge in [-0.1, -0.05) is 30.3 Å². The van der Waals surface area contributed by atoms with E-state index in [0.29, 0.717) is 6.54 Å². The second-order valence-electron chi connectivity index (χ2n) is 9.65. The van der Waals surface area contributed by atoms with Crippen LogP contribution in [0.15, 0.2) is 30.3 Å². The maximum Gasteiger partial charge on any atom is 0.407 e. The lowest BCUT2D eigenvalue weighted by Gasteiger charge is -2.24. The molecular weight excluding hydrogens is 380 g/mol. The lowest BCUT2D eigenvalue weighted by atomic mass is 10.0. The van der Waals surface area contributed by atoms with Crippen molar-refractivity contribution in [2.24, 2.45) is 0 Å². The molecule has 170 valence electrons. The highest BCUT2D eigenvalue weighted by molar-refractivity contribution is 5.68. The minimum absolute atomic E-state index is 0.0464. The van der Waals surface area contributed by atoms with Crippen LogP contribution in [0.2, 0.25) is 0 Å². The standard InChI is InChI=1S/C24H40N2O4/c1-23(2,3)29-21(27)25-18-11-10-16-20(26-22(28)30-24(4,5)6)17-12-15-19-13-8-7-9-14-19/h7-9,13-14,20H,10-12,15-18H2,1-6H3,(H,25,27)(H,26,28)/t20-/m0/s1. The highest BCUT2D eigenvalue weighted by atomic mass is 16.6. The van der Waals surface area contributed by atoms with Gasteiger partial charge in [-0.25, -0.2) is 9.59 Å². The number of ether oxygens (including phenoxy) is 2. The molecule has 0 bridgehead atoms. The zero-order valence-electron chi connectivity index (χ0n) is 19.5. The number of aryl methyl sites for hydroxylation is 1. The van der Waals surface area contributed by atoms with Gasteiger partial charge in [-0.2, -0.15) is 0 Å². The normalized spacial score (nSPS) is 12.7. The van der Waals surface area contributed by atoms with Crippen LogP contribution < -0.4 is 10.6 Å². The lowest BCUT2D eigenvalue weighted by Crippen LogP contribution is -2.39. The molecule has 0 aliphatic heterocycles. The third-order valence-corrected chi connectivity index (χ3v) is 4.23. The van der Waals surface area contributed by atoms with Crippen molar-refractivity contribution < 1.29 is 19.1 Å². The van der Waals surface area contributed by atoms with Crippen LogP contribution in [0.25, 0.3) is 0 Å². The first-order valence-corrected chi connectivity index (χ1v) is 10.9. The van der Waals surface area contributed by atoms with Crippen LogP contribution in [-0.2, 0) is 15.9 Å². The fourth-order valence-corrected chi connectivity index (χ4v) is 2.98. The number of rotatable bonds is 10. The van der Waals surface area contributed by atoms with Crippen molar-refractivity contribution in [3.8, 4) is 0 Å². The van der Waals surface area contributed by atoms with E-state index in [-0.39, 0.29) is 12.1 Å². The summed E-state index contributed by atoms with van der Waals surface area (Å²) in [5.74, 6) is 0. The number of benzene rings is 1. The molecule has 0 heterocycles. The van der Waals surface area contributed by atoms with Gasteiger partial charge < -0.3 is 20.1 Å². The molecule has 0 aliphatic rings. The Morgan fingerprint density at radius 2 is 1.40 bits per heavy atom. The molecule has 1 rings (SSSR count). The molecule has 0 radical (unpaired) electrons. The van der Waals surface area contributed by atoms with Crippen LogP contribution in [0.1, 0.15) is 79.2 Å². The number of hydrogen-bond donors (Lipinski definition) is 2. The van der Waals surface area contributed by atoms with Gasteiger partial charge in [-0.15, -0.1) is 0 Å². The number of amides is 2. The summed E-state index contributed by atoms with van der Waals surface area (Å²) in [6.07, 6.45) is 4.63. The van der Waals surface area contributed by atoms with E-state index >= 15 is 0 Å². The minimum Gasteiger partial charge on any atom is -0.444 e. The zero-order valence-corrected chi connectivity index (χ0v) is 19.5. The second-order valence-corrected chi connectivity index (χ2v) is 9.65. The quantitative estimate of drug-likeness (QED) is 0.483. The van der Waals surface area contributed by atoms with E-state index in [2.05, 4.69) is 22.8 Å². The maximum absolute atomic E-state index is 12.2. The topological polar surface area (TPSA) is 76.7 Å². The van der Waals surface area contributed by atoms with E-state index in [1.807, 2.05) is 59.7 Å². The van der Waals surface area contributed by atoms with Crippen LogP contribution in [-0.4, -0.2) is 36.0 Å². The smallest absolute Gasteiger partial charge is 0.407 e. The van der Waals surface area contributed by atoms with Gasteiger partial charge in [0.15, 0.2) is 0 Å². The summed E-state index contributed by atoms with van der Waals surface area (Å²) in [6, 6.07) is 10.4. The van der Waals surface area contributed by atoms with Gasteiger partial charge in [0.25, 0.3) is 0 Å². The largest absolute Gasteiger partial charge is 0.444 e. The van der Waals surface area contributed by atoms with Gasteiger partial charge in [0, 0.05) is 12.6 Å². The van der Waals surface area contributed by atoms with E-state index in [1.165, 1.54) is 5.56 Å². The number of carbonyl (C=O) groups excluding carboxylic acids is 2. The van der Waals surface area contributed by atoms with E-state index in [9.17, 15) is 9.59 Å². The first kappa shape index (κ1) is 25.8. The number of alkyl carbamates (subject to hydrolysis) is 2. The average molecular weight is 421 g/mol. The Bertz CT molecular complexity index is 633. The number of unbranched alkanes of at least 4 members (excludes halogenated alkanes) is 1. The predicted octanol–water partition coefficient (Wildman–Crippen LogP) is 5.60. The monoisotopic (exact) mass is 420 g/mol. The first-order chi connectivity index (χ1) is 13.9. The molecule has 0 unspecified atom stereocenters. The van der Waals surface area contributed by atoms with Crippen molar-refractivity contribution in [1.82, 2.24) is 10.6 Å². The van der Waals surface area contributed by atoms with E-state index < -0.39 is 17.3 Å². The van der Waals surface area contributed by atoms with Crippen molar-refractivity contribution >= 4 is 12.2 Å². The summed E-state index contributed by atoms with van der Waals surface area (Å²) in [5.41, 5.74) is 0.288. The molecule has 6 heteroatoms. The highest BCUT2D eigenvalue weighted by Gasteiger charge is 2.19. The molecular formula is C24H40N2O4. The molecule has 0 spiro atoms. The Labute approximate surface area is 182 Å². The molecule has 0 aliphatic carbocycles. The van der Waals surface area contributed by atoms with E-state index in [4.69, 9.17) is 9.47 Å². The van der Waals surface area contributed by atoms with Gasteiger partial charge in [0.05, 0.1) is 0 Å². The van der Waals surface area contributed by atoms with Crippen LogP contribution in [0.3, 0.4) is 0 Å². The summed E-state index contributed by atoms with van der Waals surface area (Å²) in [5, 5.41) is 5.79. The van der Waals surface area contributed by atoms with Crippen molar-refractivity contribution in [2.45, 2.75) is 97.3 Å². The molecule has 6 nitrogen and oxygen atoms in total. The number of carbonyl (C=O) groups is 2. The molecule has 0 aromatic heterocycles. The third kappa shape index (κ3) is 13.9. The second kappa shape index (κ2) is 12.5. The van der Waals surface area contributed by atoms with Crippen molar-refractivity contribution in [2.75, 3.05) is 6.54 Å².